The van der Waals surface area contributed by atoms with Crippen LogP contribution >= 0.6 is 0 Å². The van der Waals surface area contributed by atoms with Crippen LogP contribution in [0.2, 0.25) is 0 Å². The first-order chi connectivity index (χ1) is 15.1. The second-order valence-corrected chi connectivity index (χ2v) is 8.31. The van der Waals surface area contributed by atoms with Crippen molar-refractivity contribution >= 4 is 16.9 Å². The highest BCUT2D eigenvalue weighted by atomic mass is 16.3. The van der Waals surface area contributed by atoms with Crippen LogP contribution in [0, 0.1) is 0 Å². The summed E-state index contributed by atoms with van der Waals surface area (Å²) in [6.07, 6.45) is 4.11. The minimum atomic E-state index is -0.246. The summed E-state index contributed by atoms with van der Waals surface area (Å²) in [6.45, 7) is 0.565. The fraction of sp³-hybridized carbons (Fsp3) is 0.400. The van der Waals surface area contributed by atoms with Gasteiger partial charge in [-0.2, -0.15) is 0 Å². The van der Waals surface area contributed by atoms with Gasteiger partial charge < -0.3 is 15.0 Å². The molecular weight excluding hydrogens is 390 g/mol. The number of rotatable bonds is 7. The normalized spacial score (nSPS) is 18.7. The zero-order valence-electron chi connectivity index (χ0n) is 17.7. The number of fused-ring (bicyclic) bond motifs is 1. The van der Waals surface area contributed by atoms with Crippen LogP contribution in [0.15, 0.2) is 59.4 Å². The maximum Gasteiger partial charge on any atom is 0.272 e. The predicted octanol–water partition coefficient (Wildman–Crippen LogP) is 2.99. The maximum atomic E-state index is 13.2. The second kappa shape index (κ2) is 9.88. The molecule has 1 saturated carbocycles. The van der Waals surface area contributed by atoms with E-state index in [1.807, 2.05) is 42.5 Å². The van der Waals surface area contributed by atoms with E-state index in [1.54, 1.807) is 4.57 Å². The Morgan fingerprint density at radius 2 is 1.71 bits per heavy atom. The number of aliphatic hydroxyl groups is 1. The average molecular weight is 420 g/mol. The summed E-state index contributed by atoms with van der Waals surface area (Å²) in [5, 5.41) is 12.7. The quantitative estimate of drug-likeness (QED) is 0.617. The molecule has 1 aliphatic carbocycles. The van der Waals surface area contributed by atoms with Gasteiger partial charge in [-0.1, -0.05) is 42.5 Å². The lowest BCUT2D eigenvalue weighted by Crippen LogP contribution is -2.39. The zero-order chi connectivity index (χ0) is 21.6. The number of hydrogen-bond acceptors (Lipinski definition) is 4. The Morgan fingerprint density at radius 1 is 1.00 bits per heavy atom. The number of nitrogens with zero attached hydrogens (tertiary/aromatic N) is 2. The van der Waals surface area contributed by atoms with E-state index >= 15 is 0 Å². The van der Waals surface area contributed by atoms with Crippen molar-refractivity contribution in [3.63, 3.8) is 0 Å². The Labute approximate surface area is 181 Å². The standard InChI is InChI=1S/C25H29N3O3/c29-20-12-10-19(11-13-20)26-24(30)15-14-22-25(31)28(17-16-18-6-2-1-3-7-18)23-9-5-4-8-21(23)27-22/h1-9,19-20,29H,10-17H2,(H,26,30). The van der Waals surface area contributed by atoms with E-state index in [-0.39, 0.29) is 30.0 Å². The molecular formula is C25H29N3O3. The van der Waals surface area contributed by atoms with E-state index in [4.69, 9.17) is 0 Å². The van der Waals surface area contributed by atoms with Crippen LogP contribution in [0.25, 0.3) is 11.0 Å². The van der Waals surface area contributed by atoms with Crippen molar-refractivity contribution in [1.29, 1.82) is 0 Å². The molecule has 0 unspecified atom stereocenters. The summed E-state index contributed by atoms with van der Waals surface area (Å²) in [7, 11) is 0. The summed E-state index contributed by atoms with van der Waals surface area (Å²) in [5.74, 6) is -0.0633. The molecule has 2 aromatic carbocycles. The number of carbonyl (C=O) groups is 1. The van der Waals surface area contributed by atoms with Gasteiger partial charge in [0.1, 0.15) is 5.69 Å². The van der Waals surface area contributed by atoms with Crippen LogP contribution in [0.1, 0.15) is 43.4 Å². The van der Waals surface area contributed by atoms with Crippen molar-refractivity contribution in [2.24, 2.45) is 0 Å². The molecule has 0 bridgehead atoms. The Morgan fingerprint density at radius 3 is 2.48 bits per heavy atom. The van der Waals surface area contributed by atoms with Gasteiger partial charge in [0.15, 0.2) is 0 Å². The Balaban J connectivity index is 1.48. The van der Waals surface area contributed by atoms with Gasteiger partial charge in [0.2, 0.25) is 5.91 Å². The fourth-order valence-electron chi connectivity index (χ4n) is 4.27. The Bertz CT molecular complexity index is 1090. The lowest BCUT2D eigenvalue weighted by Gasteiger charge is -2.26. The number of aromatic nitrogens is 2. The largest absolute Gasteiger partial charge is 0.393 e. The van der Waals surface area contributed by atoms with Gasteiger partial charge in [0.25, 0.3) is 5.56 Å². The van der Waals surface area contributed by atoms with Crippen LogP contribution in [0.4, 0.5) is 0 Å². The van der Waals surface area contributed by atoms with Crippen molar-refractivity contribution in [1.82, 2.24) is 14.9 Å². The zero-order valence-corrected chi connectivity index (χ0v) is 17.7. The number of aryl methyl sites for hydroxylation is 3. The molecule has 0 aliphatic heterocycles. The van der Waals surface area contributed by atoms with Gasteiger partial charge in [0, 0.05) is 25.4 Å². The van der Waals surface area contributed by atoms with E-state index in [0.29, 0.717) is 18.7 Å². The fourth-order valence-corrected chi connectivity index (χ4v) is 4.27. The lowest BCUT2D eigenvalue weighted by molar-refractivity contribution is -0.122. The molecule has 4 rings (SSSR count). The molecule has 3 aromatic rings. The minimum absolute atomic E-state index is 0.0633. The third kappa shape index (κ3) is 5.39. The van der Waals surface area contributed by atoms with Crippen LogP contribution in [0.5, 0.6) is 0 Å². The van der Waals surface area contributed by atoms with E-state index in [0.717, 1.165) is 43.1 Å². The Kier molecular flexibility index (Phi) is 6.77. The molecule has 0 saturated heterocycles. The molecule has 1 amide bonds. The number of amides is 1. The number of aliphatic hydroxyl groups excluding tert-OH is 1. The van der Waals surface area contributed by atoms with Gasteiger partial charge in [-0.25, -0.2) is 4.98 Å². The monoisotopic (exact) mass is 419 g/mol. The third-order valence-electron chi connectivity index (χ3n) is 6.04. The van der Waals surface area contributed by atoms with E-state index < -0.39 is 0 Å². The van der Waals surface area contributed by atoms with Crippen molar-refractivity contribution in [2.45, 2.75) is 63.6 Å². The van der Waals surface area contributed by atoms with Gasteiger partial charge in [-0.05, 0) is 49.8 Å². The minimum Gasteiger partial charge on any atom is -0.393 e. The van der Waals surface area contributed by atoms with Crippen LogP contribution in [-0.2, 0) is 24.2 Å². The summed E-state index contributed by atoms with van der Waals surface area (Å²) in [4.78, 5) is 30.2. The van der Waals surface area contributed by atoms with E-state index in [9.17, 15) is 14.7 Å². The first-order valence-electron chi connectivity index (χ1n) is 11.1. The highest BCUT2D eigenvalue weighted by molar-refractivity contribution is 5.77. The lowest BCUT2D eigenvalue weighted by atomic mass is 9.93. The molecule has 1 aliphatic rings. The van der Waals surface area contributed by atoms with Crippen molar-refractivity contribution in [3.8, 4) is 0 Å². The number of carbonyl (C=O) groups excluding carboxylic acids is 1. The maximum absolute atomic E-state index is 13.2. The van der Waals surface area contributed by atoms with Gasteiger partial charge in [-0.3, -0.25) is 9.59 Å². The molecule has 0 radical (unpaired) electrons. The molecule has 1 heterocycles. The number of para-hydroxylation sites is 2. The second-order valence-electron chi connectivity index (χ2n) is 8.31. The smallest absolute Gasteiger partial charge is 0.272 e. The molecule has 1 aromatic heterocycles. The first kappa shape index (κ1) is 21.2. The Hall–Kier alpha value is -2.99. The number of nitrogens with one attached hydrogen (secondary N) is 1. The molecule has 2 N–H and O–H groups in total. The van der Waals surface area contributed by atoms with Crippen molar-refractivity contribution in [2.75, 3.05) is 0 Å². The van der Waals surface area contributed by atoms with E-state index in [2.05, 4.69) is 22.4 Å². The predicted molar refractivity (Wildman–Crippen MR) is 121 cm³/mol. The summed E-state index contributed by atoms with van der Waals surface area (Å²) < 4.78 is 1.78. The topological polar surface area (TPSA) is 84.2 Å². The molecule has 0 atom stereocenters. The van der Waals surface area contributed by atoms with Crippen LogP contribution in [-0.4, -0.2) is 32.7 Å². The highest BCUT2D eigenvalue weighted by Crippen LogP contribution is 2.18. The van der Waals surface area contributed by atoms with Crippen LogP contribution < -0.4 is 10.9 Å². The van der Waals surface area contributed by atoms with Crippen molar-refractivity contribution < 1.29 is 9.90 Å². The average Bonchev–Trinajstić information content (AvgIpc) is 2.79. The number of benzene rings is 2. The van der Waals surface area contributed by atoms with Gasteiger partial charge in [0.05, 0.1) is 17.1 Å². The van der Waals surface area contributed by atoms with Crippen molar-refractivity contribution in [3.05, 3.63) is 76.2 Å². The summed E-state index contributed by atoms with van der Waals surface area (Å²) in [5.41, 5.74) is 3.07. The van der Waals surface area contributed by atoms with Gasteiger partial charge >= 0.3 is 0 Å². The summed E-state index contributed by atoms with van der Waals surface area (Å²) in [6, 6.07) is 17.9. The van der Waals surface area contributed by atoms with Gasteiger partial charge in [-0.15, -0.1) is 0 Å². The molecule has 6 nitrogen and oxygen atoms in total. The summed E-state index contributed by atoms with van der Waals surface area (Å²) >= 11 is 0. The van der Waals surface area contributed by atoms with E-state index in [1.165, 1.54) is 5.56 Å². The molecule has 31 heavy (non-hydrogen) atoms. The first-order valence-corrected chi connectivity index (χ1v) is 11.1. The molecule has 6 heteroatoms. The molecule has 0 spiro atoms. The van der Waals surface area contributed by atoms with Crippen LogP contribution in [0.3, 0.4) is 0 Å². The third-order valence-corrected chi connectivity index (χ3v) is 6.04. The number of hydrogen-bond donors (Lipinski definition) is 2. The highest BCUT2D eigenvalue weighted by Gasteiger charge is 2.21. The molecule has 1 fully saturated rings. The molecule has 162 valence electrons. The SMILES string of the molecule is O=C(CCc1nc2ccccc2n(CCc2ccccc2)c1=O)NC1CCC(O)CC1.